The van der Waals surface area contributed by atoms with Gasteiger partial charge in [0, 0.05) is 23.3 Å². The van der Waals surface area contributed by atoms with E-state index in [-0.39, 0.29) is 5.56 Å². The monoisotopic (exact) mass is 257 g/mol. The van der Waals surface area contributed by atoms with Crippen molar-refractivity contribution in [3.05, 3.63) is 33.2 Å². The summed E-state index contributed by atoms with van der Waals surface area (Å²) in [7, 11) is 0. The van der Waals surface area contributed by atoms with E-state index in [4.69, 9.17) is 0 Å². The molecule has 0 amide bonds. The van der Waals surface area contributed by atoms with Gasteiger partial charge in [0.2, 0.25) is 0 Å². The zero-order valence-electron chi connectivity index (χ0n) is 8.66. The van der Waals surface area contributed by atoms with Crippen LogP contribution in [-0.2, 0) is 6.54 Å². The summed E-state index contributed by atoms with van der Waals surface area (Å²) in [6.45, 7) is 5.15. The summed E-state index contributed by atoms with van der Waals surface area (Å²) in [6.07, 6.45) is 4.10. The Bertz CT molecular complexity index is 341. The minimum Gasteiger partial charge on any atom is -0.314 e. The molecule has 78 valence electrons. The van der Waals surface area contributed by atoms with Gasteiger partial charge in [-0.3, -0.25) is 4.79 Å². The van der Waals surface area contributed by atoms with E-state index >= 15 is 0 Å². The fourth-order valence-electron chi connectivity index (χ4n) is 1.47. The molecule has 0 saturated carbocycles. The van der Waals surface area contributed by atoms with Gasteiger partial charge in [0.1, 0.15) is 0 Å². The molecular weight excluding hydrogens is 242 g/mol. The lowest BCUT2D eigenvalue weighted by atomic mass is 10.0. The first-order valence-electron chi connectivity index (χ1n) is 5.03. The predicted molar refractivity (Wildman–Crippen MR) is 62.5 cm³/mol. The lowest BCUT2D eigenvalue weighted by Crippen LogP contribution is -2.22. The Morgan fingerprint density at radius 2 is 2.00 bits per heavy atom. The molecule has 0 unspecified atom stereocenters. The normalized spacial score (nSPS) is 10.9. The molecule has 1 aromatic rings. The van der Waals surface area contributed by atoms with Crippen LogP contribution in [0.1, 0.15) is 26.7 Å². The number of nitrogens with zero attached hydrogens (tertiary/aromatic N) is 1. The zero-order chi connectivity index (χ0) is 10.6. The predicted octanol–water partition coefficient (Wildman–Crippen LogP) is 3.05. The Morgan fingerprint density at radius 3 is 2.57 bits per heavy atom. The Balaban J connectivity index is 2.85. The summed E-state index contributed by atoms with van der Waals surface area (Å²) < 4.78 is 2.74. The average Bonchev–Trinajstić information content (AvgIpc) is 2.19. The highest BCUT2D eigenvalue weighted by Crippen LogP contribution is 2.11. The van der Waals surface area contributed by atoms with E-state index in [1.807, 2.05) is 6.20 Å². The van der Waals surface area contributed by atoms with Gasteiger partial charge in [0.25, 0.3) is 5.56 Å². The van der Waals surface area contributed by atoms with Crippen molar-refractivity contribution in [3.63, 3.8) is 0 Å². The fourth-order valence-corrected chi connectivity index (χ4v) is 1.85. The molecule has 1 rings (SSSR count). The van der Waals surface area contributed by atoms with Crippen LogP contribution in [0.25, 0.3) is 0 Å². The van der Waals surface area contributed by atoms with Crippen LogP contribution in [-0.4, -0.2) is 4.57 Å². The highest BCUT2D eigenvalue weighted by molar-refractivity contribution is 9.10. The van der Waals surface area contributed by atoms with Gasteiger partial charge >= 0.3 is 0 Å². The summed E-state index contributed by atoms with van der Waals surface area (Å²) in [6, 6.07) is 3.39. The van der Waals surface area contributed by atoms with Crippen molar-refractivity contribution < 1.29 is 0 Å². The molecule has 0 aliphatic heterocycles. The van der Waals surface area contributed by atoms with Crippen LogP contribution >= 0.6 is 15.9 Å². The third-order valence-electron chi connectivity index (χ3n) is 2.56. The van der Waals surface area contributed by atoms with Crippen LogP contribution < -0.4 is 5.56 Å². The second-order valence-electron chi connectivity index (χ2n) is 3.52. The van der Waals surface area contributed by atoms with Crippen molar-refractivity contribution in [1.29, 1.82) is 0 Å². The molecule has 0 aromatic carbocycles. The maximum Gasteiger partial charge on any atom is 0.250 e. The Labute approximate surface area is 93.1 Å². The van der Waals surface area contributed by atoms with Crippen LogP contribution in [0.2, 0.25) is 0 Å². The van der Waals surface area contributed by atoms with Crippen molar-refractivity contribution in [3.8, 4) is 0 Å². The van der Waals surface area contributed by atoms with E-state index < -0.39 is 0 Å². The molecule has 0 radical (unpaired) electrons. The molecule has 0 spiro atoms. The Kier molecular flexibility index (Phi) is 4.39. The zero-order valence-corrected chi connectivity index (χ0v) is 10.3. The Hall–Kier alpha value is -0.570. The molecule has 0 aliphatic rings. The summed E-state index contributed by atoms with van der Waals surface area (Å²) in [4.78, 5) is 11.5. The van der Waals surface area contributed by atoms with Crippen LogP contribution in [0.15, 0.2) is 27.6 Å². The average molecular weight is 258 g/mol. The van der Waals surface area contributed by atoms with Crippen molar-refractivity contribution >= 4 is 15.9 Å². The van der Waals surface area contributed by atoms with E-state index in [2.05, 4.69) is 29.8 Å². The van der Waals surface area contributed by atoms with Gasteiger partial charge < -0.3 is 4.57 Å². The molecule has 0 saturated heterocycles. The third-order valence-corrected chi connectivity index (χ3v) is 3.03. The molecule has 1 heterocycles. The molecule has 0 fully saturated rings. The van der Waals surface area contributed by atoms with Gasteiger partial charge in [-0.05, 0) is 27.9 Å². The van der Waals surface area contributed by atoms with Crippen molar-refractivity contribution in [2.45, 2.75) is 33.2 Å². The lowest BCUT2D eigenvalue weighted by Gasteiger charge is -2.14. The maximum absolute atomic E-state index is 11.5. The highest BCUT2D eigenvalue weighted by Gasteiger charge is 2.05. The lowest BCUT2D eigenvalue weighted by molar-refractivity contribution is 0.411. The molecule has 0 aliphatic carbocycles. The van der Waals surface area contributed by atoms with Crippen LogP contribution in [0.3, 0.4) is 0 Å². The minimum atomic E-state index is 0.0834. The first-order valence-corrected chi connectivity index (χ1v) is 5.82. The Morgan fingerprint density at radius 1 is 1.36 bits per heavy atom. The van der Waals surface area contributed by atoms with Gasteiger partial charge in [-0.2, -0.15) is 0 Å². The number of hydrogen-bond acceptors (Lipinski definition) is 1. The van der Waals surface area contributed by atoms with Gasteiger partial charge in [0.15, 0.2) is 0 Å². The van der Waals surface area contributed by atoms with E-state index in [1.165, 1.54) is 0 Å². The van der Waals surface area contributed by atoms with Gasteiger partial charge in [-0.1, -0.05) is 26.7 Å². The molecule has 0 bridgehead atoms. The molecule has 0 N–H and O–H groups in total. The summed E-state index contributed by atoms with van der Waals surface area (Å²) in [5, 5.41) is 0. The van der Waals surface area contributed by atoms with E-state index in [1.54, 1.807) is 16.7 Å². The molecule has 3 heteroatoms. The minimum absolute atomic E-state index is 0.0834. The van der Waals surface area contributed by atoms with E-state index in [0.717, 1.165) is 23.9 Å². The second-order valence-corrected chi connectivity index (χ2v) is 4.44. The van der Waals surface area contributed by atoms with Crippen molar-refractivity contribution in [2.24, 2.45) is 5.92 Å². The topological polar surface area (TPSA) is 22.0 Å². The summed E-state index contributed by atoms with van der Waals surface area (Å²) >= 11 is 3.37. The van der Waals surface area contributed by atoms with Crippen molar-refractivity contribution in [2.75, 3.05) is 0 Å². The summed E-state index contributed by atoms with van der Waals surface area (Å²) in [5.74, 6) is 0.599. The highest BCUT2D eigenvalue weighted by atomic mass is 79.9. The second kappa shape index (κ2) is 5.35. The number of hydrogen-bond donors (Lipinski definition) is 0. The standard InChI is InChI=1S/C11H16BrNO/c1-3-9(4-2)7-13-8-10(12)5-6-11(13)14/h5-6,8-9H,3-4,7H2,1-2H3. The van der Waals surface area contributed by atoms with Gasteiger partial charge in [-0.15, -0.1) is 0 Å². The van der Waals surface area contributed by atoms with Crippen molar-refractivity contribution in [1.82, 2.24) is 4.57 Å². The largest absolute Gasteiger partial charge is 0.314 e. The number of pyridine rings is 1. The van der Waals surface area contributed by atoms with Crippen LogP contribution in [0.4, 0.5) is 0 Å². The number of aromatic nitrogens is 1. The van der Waals surface area contributed by atoms with E-state index in [0.29, 0.717) is 5.92 Å². The first-order chi connectivity index (χ1) is 6.67. The van der Waals surface area contributed by atoms with Crippen LogP contribution in [0, 0.1) is 5.92 Å². The van der Waals surface area contributed by atoms with E-state index in [9.17, 15) is 4.79 Å². The SMILES string of the molecule is CCC(CC)Cn1cc(Br)ccc1=O. The first kappa shape index (κ1) is 11.5. The third kappa shape index (κ3) is 2.98. The summed E-state index contributed by atoms with van der Waals surface area (Å²) in [5.41, 5.74) is 0.0834. The van der Waals surface area contributed by atoms with Gasteiger partial charge in [0.05, 0.1) is 0 Å². The smallest absolute Gasteiger partial charge is 0.250 e. The molecule has 0 atom stereocenters. The molecular formula is C11H16BrNO. The van der Waals surface area contributed by atoms with Crippen LogP contribution in [0.5, 0.6) is 0 Å². The number of halogens is 1. The van der Waals surface area contributed by atoms with Gasteiger partial charge in [-0.25, -0.2) is 0 Å². The molecule has 14 heavy (non-hydrogen) atoms. The fraction of sp³-hybridized carbons (Fsp3) is 0.545. The molecule has 2 nitrogen and oxygen atoms in total. The quantitative estimate of drug-likeness (QED) is 0.813. The molecule has 1 aromatic heterocycles. The maximum atomic E-state index is 11.5. The number of rotatable bonds is 4.